The quantitative estimate of drug-likeness (QED) is 0.770. The SMILES string of the molecule is Cc1cc(C(=O)N2CCC(C(=O)N3CCCC(C)C3)CC2)c(C)n1-c1nccs1. The van der Waals surface area contributed by atoms with Gasteiger partial charge in [0.05, 0.1) is 5.56 Å². The Bertz CT molecular complexity index is 881. The van der Waals surface area contributed by atoms with Crippen LogP contribution in [0.15, 0.2) is 17.6 Å². The molecule has 2 aliphatic heterocycles. The molecule has 0 spiro atoms. The second-order valence-corrected chi connectivity index (χ2v) is 9.41. The van der Waals surface area contributed by atoms with Crippen molar-refractivity contribution in [3.63, 3.8) is 0 Å². The molecule has 0 aliphatic carbocycles. The number of carbonyl (C=O) groups excluding carboxylic acids is 2. The summed E-state index contributed by atoms with van der Waals surface area (Å²) in [7, 11) is 0. The van der Waals surface area contributed by atoms with Gasteiger partial charge in [-0.1, -0.05) is 6.92 Å². The second-order valence-electron chi connectivity index (χ2n) is 8.53. The van der Waals surface area contributed by atoms with Crippen molar-refractivity contribution in [1.29, 1.82) is 0 Å². The normalized spacial score (nSPS) is 20.9. The Kier molecular flexibility index (Phi) is 5.76. The van der Waals surface area contributed by atoms with Gasteiger partial charge in [0.2, 0.25) is 5.91 Å². The minimum atomic E-state index is 0.0621. The van der Waals surface area contributed by atoms with Gasteiger partial charge in [0, 0.05) is 55.1 Å². The molecule has 2 aliphatic rings. The van der Waals surface area contributed by atoms with E-state index in [0.29, 0.717) is 24.9 Å². The highest BCUT2D eigenvalue weighted by Crippen LogP contribution is 2.27. The van der Waals surface area contributed by atoms with Gasteiger partial charge in [-0.15, -0.1) is 11.3 Å². The minimum absolute atomic E-state index is 0.0621. The molecule has 1 unspecified atom stereocenters. The molecule has 1 atom stereocenters. The Morgan fingerprint density at radius 2 is 1.86 bits per heavy atom. The summed E-state index contributed by atoms with van der Waals surface area (Å²) in [6, 6.07) is 1.96. The molecule has 2 aromatic rings. The van der Waals surface area contributed by atoms with Crippen LogP contribution in [0.5, 0.6) is 0 Å². The molecule has 156 valence electrons. The fourth-order valence-corrected chi connectivity index (χ4v) is 5.50. The number of nitrogens with zero attached hydrogens (tertiary/aromatic N) is 4. The number of hydrogen-bond donors (Lipinski definition) is 0. The van der Waals surface area contributed by atoms with Crippen LogP contribution in [-0.4, -0.2) is 57.3 Å². The van der Waals surface area contributed by atoms with Gasteiger partial charge in [-0.05, 0) is 51.5 Å². The van der Waals surface area contributed by atoms with Crippen LogP contribution in [0.25, 0.3) is 5.13 Å². The molecule has 2 saturated heterocycles. The van der Waals surface area contributed by atoms with E-state index in [4.69, 9.17) is 0 Å². The first-order valence-corrected chi connectivity index (χ1v) is 11.5. The van der Waals surface area contributed by atoms with Crippen LogP contribution in [0.3, 0.4) is 0 Å². The van der Waals surface area contributed by atoms with Crippen LogP contribution < -0.4 is 0 Å². The number of rotatable bonds is 3. The van der Waals surface area contributed by atoms with Gasteiger partial charge in [0.25, 0.3) is 5.91 Å². The number of piperidine rings is 2. The summed E-state index contributed by atoms with van der Waals surface area (Å²) < 4.78 is 2.05. The van der Waals surface area contributed by atoms with E-state index in [-0.39, 0.29) is 11.8 Å². The second kappa shape index (κ2) is 8.30. The van der Waals surface area contributed by atoms with Crippen molar-refractivity contribution in [1.82, 2.24) is 19.4 Å². The van der Waals surface area contributed by atoms with Crippen LogP contribution in [-0.2, 0) is 4.79 Å². The van der Waals surface area contributed by atoms with Gasteiger partial charge < -0.3 is 9.80 Å². The van der Waals surface area contributed by atoms with Crippen LogP contribution in [0.1, 0.15) is 54.4 Å². The van der Waals surface area contributed by atoms with Gasteiger partial charge in [-0.2, -0.15) is 0 Å². The highest BCUT2D eigenvalue weighted by molar-refractivity contribution is 7.12. The molecule has 4 rings (SSSR count). The molecule has 0 bridgehead atoms. The van der Waals surface area contributed by atoms with Gasteiger partial charge >= 0.3 is 0 Å². The zero-order chi connectivity index (χ0) is 20.5. The van der Waals surface area contributed by atoms with E-state index in [2.05, 4.69) is 16.8 Å². The maximum Gasteiger partial charge on any atom is 0.255 e. The summed E-state index contributed by atoms with van der Waals surface area (Å²) in [6.45, 7) is 9.30. The molecule has 0 N–H and O–H groups in total. The maximum atomic E-state index is 13.2. The molecule has 2 fully saturated rings. The van der Waals surface area contributed by atoms with Crippen molar-refractivity contribution in [2.45, 2.75) is 46.5 Å². The lowest BCUT2D eigenvalue weighted by molar-refractivity contribution is -0.138. The predicted molar refractivity (Wildman–Crippen MR) is 115 cm³/mol. The first-order valence-electron chi connectivity index (χ1n) is 10.6. The van der Waals surface area contributed by atoms with Crippen LogP contribution >= 0.6 is 11.3 Å². The molecule has 0 aromatic carbocycles. The molecule has 2 aromatic heterocycles. The molecule has 29 heavy (non-hydrogen) atoms. The van der Waals surface area contributed by atoms with Gasteiger partial charge in [0.15, 0.2) is 5.13 Å². The Morgan fingerprint density at radius 3 is 2.52 bits per heavy atom. The van der Waals surface area contributed by atoms with Crippen molar-refractivity contribution in [2.75, 3.05) is 26.2 Å². The third-order valence-corrected chi connectivity index (χ3v) is 7.13. The van der Waals surface area contributed by atoms with Crippen LogP contribution in [0, 0.1) is 25.7 Å². The highest BCUT2D eigenvalue weighted by Gasteiger charge is 2.32. The number of amides is 2. The summed E-state index contributed by atoms with van der Waals surface area (Å²) in [4.78, 5) is 34.4. The first kappa shape index (κ1) is 20.1. The van der Waals surface area contributed by atoms with Crippen LogP contribution in [0.4, 0.5) is 0 Å². The zero-order valence-corrected chi connectivity index (χ0v) is 18.4. The number of aryl methyl sites for hydroxylation is 1. The lowest BCUT2D eigenvalue weighted by Gasteiger charge is -2.37. The number of carbonyl (C=O) groups is 2. The molecule has 6 nitrogen and oxygen atoms in total. The third kappa shape index (κ3) is 3.97. The first-order chi connectivity index (χ1) is 14.0. The van der Waals surface area contributed by atoms with E-state index >= 15 is 0 Å². The van der Waals surface area contributed by atoms with E-state index in [9.17, 15) is 9.59 Å². The van der Waals surface area contributed by atoms with Crippen molar-refractivity contribution in [3.05, 3.63) is 34.6 Å². The molecule has 7 heteroatoms. The van der Waals surface area contributed by atoms with Crippen molar-refractivity contribution < 1.29 is 9.59 Å². The number of thiazole rings is 1. The Balaban J connectivity index is 1.41. The minimum Gasteiger partial charge on any atom is -0.342 e. The van der Waals surface area contributed by atoms with Crippen molar-refractivity contribution in [2.24, 2.45) is 11.8 Å². The van der Waals surface area contributed by atoms with Crippen molar-refractivity contribution in [3.8, 4) is 5.13 Å². The summed E-state index contributed by atoms with van der Waals surface area (Å²) in [5.74, 6) is 1.03. The molecule has 4 heterocycles. The Labute approximate surface area is 176 Å². The lowest BCUT2D eigenvalue weighted by atomic mass is 9.92. The summed E-state index contributed by atoms with van der Waals surface area (Å²) >= 11 is 1.57. The number of likely N-dealkylation sites (tertiary alicyclic amines) is 2. The fourth-order valence-electron chi connectivity index (χ4n) is 4.75. The summed E-state index contributed by atoms with van der Waals surface area (Å²) in [6.07, 6.45) is 5.64. The monoisotopic (exact) mass is 414 g/mol. The standard InChI is InChI=1S/C22H30N4O2S/c1-15-5-4-9-25(14-15)20(27)18-6-10-24(11-7-18)21(28)19-13-16(2)26(17(19)3)22-23-8-12-29-22/h8,12-13,15,18H,4-7,9-11,14H2,1-3H3. The maximum absolute atomic E-state index is 13.2. The topological polar surface area (TPSA) is 58.4 Å². The Hall–Kier alpha value is -2.15. The fraction of sp³-hybridized carbons (Fsp3) is 0.591. The zero-order valence-electron chi connectivity index (χ0n) is 17.6. The average molecular weight is 415 g/mol. The summed E-state index contributed by atoms with van der Waals surface area (Å²) in [5.41, 5.74) is 2.69. The van der Waals surface area contributed by atoms with Crippen molar-refractivity contribution >= 4 is 23.2 Å². The molecule has 0 radical (unpaired) electrons. The molecular weight excluding hydrogens is 384 g/mol. The van der Waals surface area contributed by atoms with Gasteiger partial charge in [-0.3, -0.25) is 14.2 Å². The highest BCUT2D eigenvalue weighted by atomic mass is 32.1. The third-order valence-electron chi connectivity index (χ3n) is 6.37. The van der Waals surface area contributed by atoms with E-state index in [1.807, 2.05) is 34.8 Å². The smallest absolute Gasteiger partial charge is 0.255 e. The summed E-state index contributed by atoms with van der Waals surface area (Å²) in [5, 5.41) is 2.83. The number of aromatic nitrogens is 2. The Morgan fingerprint density at radius 1 is 1.10 bits per heavy atom. The average Bonchev–Trinajstić information content (AvgIpc) is 3.34. The van der Waals surface area contributed by atoms with Gasteiger partial charge in [-0.25, -0.2) is 4.98 Å². The van der Waals surface area contributed by atoms with Crippen LogP contribution in [0.2, 0.25) is 0 Å². The largest absolute Gasteiger partial charge is 0.342 e. The van der Waals surface area contributed by atoms with E-state index < -0.39 is 0 Å². The number of hydrogen-bond acceptors (Lipinski definition) is 4. The molecule has 2 amide bonds. The molecule has 0 saturated carbocycles. The van der Waals surface area contributed by atoms with E-state index in [1.54, 1.807) is 17.5 Å². The van der Waals surface area contributed by atoms with E-state index in [1.165, 1.54) is 6.42 Å². The lowest BCUT2D eigenvalue weighted by Crippen LogP contribution is -2.47. The van der Waals surface area contributed by atoms with E-state index in [0.717, 1.165) is 54.4 Å². The van der Waals surface area contributed by atoms with Gasteiger partial charge in [0.1, 0.15) is 0 Å². The predicted octanol–water partition coefficient (Wildman–Crippen LogP) is 3.66. The molecular formula is C22H30N4O2S.